The van der Waals surface area contributed by atoms with E-state index in [9.17, 15) is 9.59 Å². The third-order valence-corrected chi connectivity index (χ3v) is 1.94. The Balaban J connectivity index is 2.72. The summed E-state index contributed by atoms with van der Waals surface area (Å²) in [5, 5.41) is 0. The van der Waals surface area contributed by atoms with Crippen molar-refractivity contribution in [2.24, 2.45) is 5.41 Å². The first-order valence-corrected chi connectivity index (χ1v) is 3.21. The maximum atomic E-state index is 10.9. The zero-order valence-corrected chi connectivity index (χ0v) is 6.14. The Morgan fingerprint density at radius 1 is 1.70 bits per heavy atom. The van der Waals surface area contributed by atoms with Crippen molar-refractivity contribution >= 4 is 11.8 Å². The molecule has 10 heavy (non-hydrogen) atoms. The molecule has 0 N–H and O–H groups in total. The van der Waals surface area contributed by atoms with E-state index >= 15 is 0 Å². The lowest BCUT2D eigenvalue weighted by atomic mass is 9.86. The molecule has 0 aromatic heterocycles. The van der Waals surface area contributed by atoms with Crippen LogP contribution in [0.2, 0.25) is 0 Å². The minimum absolute atomic E-state index is 0.0263. The minimum atomic E-state index is -0.545. The topological polar surface area (TPSA) is 43.4 Å². The van der Waals surface area contributed by atoms with E-state index in [1.54, 1.807) is 6.92 Å². The Hall–Kier alpha value is -0.860. The highest BCUT2D eigenvalue weighted by Gasteiger charge is 2.39. The third kappa shape index (κ3) is 1.03. The van der Waals surface area contributed by atoms with Gasteiger partial charge in [-0.2, -0.15) is 0 Å². The summed E-state index contributed by atoms with van der Waals surface area (Å²) in [6, 6.07) is 0. The summed E-state index contributed by atoms with van der Waals surface area (Å²) in [4.78, 5) is 21.5. The lowest BCUT2D eigenvalue weighted by Crippen LogP contribution is -2.25. The van der Waals surface area contributed by atoms with Crippen LogP contribution in [0.15, 0.2) is 0 Å². The summed E-state index contributed by atoms with van der Waals surface area (Å²) < 4.78 is 4.67. The second-order valence-corrected chi connectivity index (χ2v) is 2.95. The van der Waals surface area contributed by atoms with E-state index in [2.05, 4.69) is 4.74 Å². The van der Waals surface area contributed by atoms with Crippen LogP contribution >= 0.6 is 0 Å². The monoisotopic (exact) mass is 142 g/mol. The van der Waals surface area contributed by atoms with Gasteiger partial charge in [0.15, 0.2) is 0 Å². The normalized spacial score (nSPS) is 32.0. The van der Waals surface area contributed by atoms with Crippen molar-refractivity contribution in [3.63, 3.8) is 0 Å². The van der Waals surface area contributed by atoms with Gasteiger partial charge in [0.1, 0.15) is 12.4 Å². The van der Waals surface area contributed by atoms with Crippen LogP contribution in [0.5, 0.6) is 0 Å². The summed E-state index contributed by atoms with van der Waals surface area (Å²) in [6.45, 7) is 3.49. The van der Waals surface area contributed by atoms with Gasteiger partial charge in [0, 0.05) is 0 Å². The zero-order chi connectivity index (χ0) is 7.78. The molecule has 1 atom stereocenters. The van der Waals surface area contributed by atoms with Crippen LogP contribution in [0.25, 0.3) is 0 Å². The van der Waals surface area contributed by atoms with Crippen molar-refractivity contribution in [2.75, 3.05) is 6.61 Å². The van der Waals surface area contributed by atoms with Crippen LogP contribution in [-0.4, -0.2) is 18.4 Å². The molecule has 1 aliphatic heterocycles. The first kappa shape index (κ1) is 7.25. The number of ether oxygens (including phenoxy) is 1. The lowest BCUT2D eigenvalue weighted by molar-refractivity contribution is -0.137. The second-order valence-electron chi connectivity index (χ2n) is 2.95. The van der Waals surface area contributed by atoms with Crippen LogP contribution in [0, 0.1) is 5.41 Å². The quantitative estimate of drug-likeness (QED) is 0.501. The fourth-order valence-electron chi connectivity index (χ4n) is 0.887. The van der Waals surface area contributed by atoms with Crippen molar-refractivity contribution in [1.29, 1.82) is 0 Å². The minimum Gasteiger partial charge on any atom is -0.465 e. The van der Waals surface area contributed by atoms with E-state index in [1.807, 2.05) is 0 Å². The number of carbonyl (C=O) groups excluding carboxylic acids is 2. The average Bonchev–Trinajstić information content (AvgIpc) is 2.13. The maximum Gasteiger partial charge on any atom is 0.306 e. The maximum absolute atomic E-state index is 10.9. The third-order valence-electron chi connectivity index (χ3n) is 1.94. The van der Waals surface area contributed by atoms with Crippen molar-refractivity contribution in [3.8, 4) is 0 Å². The van der Waals surface area contributed by atoms with Crippen LogP contribution in [0.1, 0.15) is 20.3 Å². The highest BCUT2D eigenvalue weighted by molar-refractivity contribution is 5.89. The summed E-state index contributed by atoms with van der Waals surface area (Å²) in [6.07, 6.45) is 0.238. The van der Waals surface area contributed by atoms with E-state index < -0.39 is 5.41 Å². The Morgan fingerprint density at radius 3 is 2.50 bits per heavy atom. The molecule has 3 nitrogen and oxygen atoms in total. The van der Waals surface area contributed by atoms with Gasteiger partial charge < -0.3 is 4.74 Å². The first-order chi connectivity index (χ1) is 4.54. The van der Waals surface area contributed by atoms with Gasteiger partial charge in [-0.05, 0) is 13.8 Å². The first-order valence-electron chi connectivity index (χ1n) is 3.21. The highest BCUT2D eigenvalue weighted by atomic mass is 16.5. The summed E-state index contributed by atoms with van der Waals surface area (Å²) in [5.41, 5.74) is -0.545. The van der Waals surface area contributed by atoms with Gasteiger partial charge in [0.2, 0.25) is 0 Å². The Bertz CT molecular complexity index is 185. The molecule has 0 bridgehead atoms. The number of carbonyl (C=O) groups is 2. The SMILES string of the molecule is CC(=O)C1(C)COC(=O)C1. The summed E-state index contributed by atoms with van der Waals surface area (Å²) in [5.74, 6) is -0.240. The molecule has 1 unspecified atom stereocenters. The second kappa shape index (κ2) is 2.08. The van der Waals surface area contributed by atoms with E-state index in [1.165, 1.54) is 6.92 Å². The van der Waals surface area contributed by atoms with Crippen LogP contribution in [-0.2, 0) is 14.3 Å². The molecule has 0 aliphatic carbocycles. The molecule has 1 heterocycles. The Morgan fingerprint density at radius 2 is 2.30 bits per heavy atom. The number of rotatable bonds is 1. The van der Waals surface area contributed by atoms with Crippen LogP contribution in [0.3, 0.4) is 0 Å². The number of hydrogen-bond donors (Lipinski definition) is 0. The van der Waals surface area contributed by atoms with Gasteiger partial charge >= 0.3 is 5.97 Å². The number of hydrogen-bond acceptors (Lipinski definition) is 3. The van der Waals surface area contributed by atoms with E-state index in [0.717, 1.165) is 0 Å². The van der Waals surface area contributed by atoms with E-state index in [4.69, 9.17) is 0 Å². The van der Waals surface area contributed by atoms with Gasteiger partial charge in [-0.1, -0.05) is 0 Å². The van der Waals surface area contributed by atoms with Crippen molar-refractivity contribution < 1.29 is 14.3 Å². The number of ketones is 1. The van der Waals surface area contributed by atoms with Gasteiger partial charge in [0.05, 0.1) is 11.8 Å². The highest BCUT2D eigenvalue weighted by Crippen LogP contribution is 2.29. The molecule has 56 valence electrons. The van der Waals surface area contributed by atoms with Gasteiger partial charge in [-0.25, -0.2) is 0 Å². The van der Waals surface area contributed by atoms with Crippen molar-refractivity contribution in [3.05, 3.63) is 0 Å². The van der Waals surface area contributed by atoms with Gasteiger partial charge in [-0.3, -0.25) is 9.59 Å². The Kier molecular flexibility index (Phi) is 1.50. The smallest absolute Gasteiger partial charge is 0.306 e. The molecule has 0 spiro atoms. The molecule has 1 saturated heterocycles. The van der Waals surface area contributed by atoms with Gasteiger partial charge in [-0.15, -0.1) is 0 Å². The average molecular weight is 142 g/mol. The molecule has 0 amide bonds. The molecule has 0 aromatic carbocycles. The molecule has 0 aromatic rings. The standard InChI is InChI=1S/C7H10O3/c1-5(8)7(2)3-6(9)10-4-7/h3-4H2,1-2H3. The van der Waals surface area contributed by atoms with Crippen LogP contribution in [0.4, 0.5) is 0 Å². The van der Waals surface area contributed by atoms with Crippen LogP contribution < -0.4 is 0 Å². The molecular formula is C7H10O3. The van der Waals surface area contributed by atoms with Crippen molar-refractivity contribution in [1.82, 2.24) is 0 Å². The number of Topliss-reactive ketones (excluding diaryl/α,β-unsaturated/α-hetero) is 1. The Labute approximate surface area is 59.4 Å². The predicted octanol–water partition coefficient (Wildman–Crippen LogP) is 0.529. The molecular weight excluding hydrogens is 132 g/mol. The van der Waals surface area contributed by atoms with Crippen molar-refractivity contribution in [2.45, 2.75) is 20.3 Å². The molecule has 0 radical (unpaired) electrons. The number of cyclic esters (lactones) is 1. The molecule has 0 saturated carbocycles. The summed E-state index contributed by atoms with van der Waals surface area (Å²) in [7, 11) is 0. The van der Waals surface area contributed by atoms with E-state index in [0.29, 0.717) is 0 Å². The molecule has 1 aliphatic rings. The fourth-order valence-corrected chi connectivity index (χ4v) is 0.887. The largest absolute Gasteiger partial charge is 0.465 e. The molecule has 1 rings (SSSR count). The number of esters is 1. The van der Waals surface area contributed by atoms with E-state index in [-0.39, 0.29) is 24.8 Å². The molecule has 1 fully saturated rings. The zero-order valence-electron chi connectivity index (χ0n) is 6.14. The predicted molar refractivity (Wildman–Crippen MR) is 34.4 cm³/mol. The van der Waals surface area contributed by atoms with Gasteiger partial charge in [0.25, 0.3) is 0 Å². The lowest BCUT2D eigenvalue weighted by Gasteiger charge is -2.13. The summed E-state index contributed by atoms with van der Waals surface area (Å²) >= 11 is 0. The molecule has 3 heteroatoms. The fraction of sp³-hybridized carbons (Fsp3) is 0.714.